The van der Waals surface area contributed by atoms with Gasteiger partial charge in [0.15, 0.2) is 0 Å². The van der Waals surface area contributed by atoms with Crippen molar-refractivity contribution in [2.75, 3.05) is 30.8 Å². The lowest BCUT2D eigenvalue weighted by Gasteiger charge is -2.30. The van der Waals surface area contributed by atoms with Gasteiger partial charge in [0.05, 0.1) is 17.6 Å². The number of carbonyl (C=O) groups excluding carboxylic acids is 1. The fourth-order valence-electron chi connectivity index (χ4n) is 3.62. The highest BCUT2D eigenvalue weighted by molar-refractivity contribution is 5.97. The summed E-state index contributed by atoms with van der Waals surface area (Å²) in [6, 6.07) is 12.3. The first-order valence-corrected chi connectivity index (χ1v) is 9.09. The van der Waals surface area contributed by atoms with Gasteiger partial charge >= 0.3 is 0 Å². The molecule has 2 fully saturated rings. The lowest BCUT2D eigenvalue weighted by molar-refractivity contribution is -0.117. The quantitative estimate of drug-likeness (QED) is 0.875. The van der Waals surface area contributed by atoms with E-state index in [1.807, 2.05) is 36.4 Å². The number of anilines is 2. The van der Waals surface area contributed by atoms with Crippen molar-refractivity contribution in [1.82, 2.24) is 4.90 Å². The normalized spacial score (nSPS) is 24.0. The van der Waals surface area contributed by atoms with Crippen molar-refractivity contribution >= 4 is 17.3 Å². The van der Waals surface area contributed by atoms with Crippen molar-refractivity contribution < 1.29 is 9.21 Å². The Hall–Kier alpha value is -2.27. The van der Waals surface area contributed by atoms with Crippen LogP contribution in [0.2, 0.25) is 0 Å². The molecule has 2 atom stereocenters. The Kier molecular flexibility index (Phi) is 4.49. The predicted molar refractivity (Wildman–Crippen MR) is 98.8 cm³/mol. The van der Waals surface area contributed by atoms with Gasteiger partial charge in [-0.1, -0.05) is 12.1 Å². The van der Waals surface area contributed by atoms with E-state index in [0.29, 0.717) is 6.04 Å². The number of carbonyl (C=O) groups is 1. The zero-order valence-corrected chi connectivity index (χ0v) is 14.6. The number of nitrogens with zero attached hydrogens (tertiary/aromatic N) is 1. The van der Waals surface area contributed by atoms with Crippen LogP contribution in [0.15, 0.2) is 47.1 Å². The van der Waals surface area contributed by atoms with Gasteiger partial charge in [-0.15, -0.1) is 0 Å². The van der Waals surface area contributed by atoms with E-state index in [9.17, 15) is 4.79 Å². The molecule has 2 N–H and O–H groups in total. The van der Waals surface area contributed by atoms with Crippen LogP contribution >= 0.6 is 0 Å². The molecule has 5 heteroatoms. The molecular formula is C20H25N3O2. The number of rotatable bonds is 5. The minimum atomic E-state index is 0.0162. The maximum atomic E-state index is 12.6. The summed E-state index contributed by atoms with van der Waals surface area (Å²) in [5, 5.41) is 6.72. The molecule has 1 aliphatic carbocycles. The largest absolute Gasteiger partial charge is 0.469 e. The fraction of sp³-hybridized carbons (Fsp3) is 0.450. The van der Waals surface area contributed by atoms with Crippen molar-refractivity contribution in [3.8, 4) is 0 Å². The molecule has 25 heavy (non-hydrogen) atoms. The molecule has 0 radical (unpaired) electrons. The minimum absolute atomic E-state index is 0.0162. The first-order valence-electron chi connectivity index (χ1n) is 9.09. The molecule has 2 aliphatic rings. The van der Waals surface area contributed by atoms with E-state index in [1.165, 1.54) is 0 Å². The van der Waals surface area contributed by atoms with E-state index in [1.54, 1.807) is 6.26 Å². The average Bonchev–Trinajstić information content (AvgIpc) is 3.24. The predicted octanol–water partition coefficient (Wildman–Crippen LogP) is 3.53. The Bertz CT molecular complexity index is 720. The van der Waals surface area contributed by atoms with Gasteiger partial charge in [-0.3, -0.25) is 4.79 Å². The van der Waals surface area contributed by atoms with Gasteiger partial charge in [0.2, 0.25) is 5.91 Å². The summed E-state index contributed by atoms with van der Waals surface area (Å²) in [5.74, 6) is 1.24. The molecule has 2 heterocycles. The Morgan fingerprint density at radius 1 is 1.12 bits per heavy atom. The Morgan fingerprint density at radius 3 is 2.60 bits per heavy atom. The summed E-state index contributed by atoms with van der Waals surface area (Å²) >= 11 is 0. The zero-order chi connectivity index (χ0) is 17.2. The van der Waals surface area contributed by atoms with E-state index >= 15 is 0 Å². The van der Waals surface area contributed by atoms with Crippen molar-refractivity contribution in [3.05, 3.63) is 48.4 Å². The van der Waals surface area contributed by atoms with E-state index in [0.717, 1.165) is 49.5 Å². The number of nitrogens with one attached hydrogen (secondary N) is 2. The van der Waals surface area contributed by atoms with Gasteiger partial charge in [-0.2, -0.15) is 0 Å². The number of likely N-dealkylation sites (tertiary alicyclic amines) is 1. The molecule has 1 saturated carbocycles. The highest BCUT2D eigenvalue weighted by Crippen LogP contribution is 2.48. The molecule has 2 aromatic rings. The number of para-hydroxylation sites is 2. The minimum Gasteiger partial charge on any atom is -0.469 e. The van der Waals surface area contributed by atoms with E-state index in [-0.39, 0.29) is 17.7 Å². The van der Waals surface area contributed by atoms with Crippen molar-refractivity contribution in [2.24, 2.45) is 5.92 Å². The molecule has 1 saturated heterocycles. The smallest absolute Gasteiger partial charge is 0.228 e. The Morgan fingerprint density at radius 2 is 1.88 bits per heavy atom. The molecule has 4 rings (SSSR count). The maximum Gasteiger partial charge on any atom is 0.228 e. The van der Waals surface area contributed by atoms with Crippen molar-refractivity contribution in [1.29, 1.82) is 0 Å². The van der Waals surface area contributed by atoms with Crippen LogP contribution in [0, 0.1) is 5.92 Å². The average molecular weight is 339 g/mol. The summed E-state index contributed by atoms with van der Waals surface area (Å²) in [6.45, 7) is 2.22. The highest BCUT2D eigenvalue weighted by Gasteiger charge is 2.45. The number of piperidine rings is 1. The van der Waals surface area contributed by atoms with Gasteiger partial charge < -0.3 is 20.0 Å². The second-order valence-electron chi connectivity index (χ2n) is 7.22. The van der Waals surface area contributed by atoms with Gasteiger partial charge in [0.25, 0.3) is 0 Å². The maximum absolute atomic E-state index is 12.6. The van der Waals surface area contributed by atoms with E-state index < -0.39 is 0 Å². The molecule has 1 amide bonds. The van der Waals surface area contributed by atoms with Crippen LogP contribution < -0.4 is 10.6 Å². The molecule has 1 aromatic heterocycles. The number of hydrogen-bond acceptors (Lipinski definition) is 4. The molecule has 1 aromatic carbocycles. The Labute approximate surface area is 148 Å². The fourth-order valence-corrected chi connectivity index (χ4v) is 3.62. The van der Waals surface area contributed by atoms with Gasteiger partial charge in [0, 0.05) is 17.9 Å². The molecule has 0 bridgehead atoms. The first kappa shape index (κ1) is 16.2. The summed E-state index contributed by atoms with van der Waals surface area (Å²) in [6.07, 6.45) is 4.79. The van der Waals surface area contributed by atoms with Gasteiger partial charge in [0.1, 0.15) is 5.76 Å². The summed E-state index contributed by atoms with van der Waals surface area (Å²) in [4.78, 5) is 14.9. The van der Waals surface area contributed by atoms with Crippen LogP contribution in [-0.2, 0) is 4.79 Å². The van der Waals surface area contributed by atoms with Gasteiger partial charge in [-0.05, 0) is 63.7 Å². The van der Waals surface area contributed by atoms with Crippen LogP contribution in [0.25, 0.3) is 0 Å². The number of benzene rings is 1. The van der Waals surface area contributed by atoms with Crippen LogP contribution in [0.1, 0.15) is 30.9 Å². The van der Waals surface area contributed by atoms with Crippen molar-refractivity contribution in [3.63, 3.8) is 0 Å². The van der Waals surface area contributed by atoms with Crippen LogP contribution in [-0.4, -0.2) is 37.0 Å². The summed E-state index contributed by atoms with van der Waals surface area (Å²) < 4.78 is 5.42. The van der Waals surface area contributed by atoms with Gasteiger partial charge in [-0.25, -0.2) is 0 Å². The first-order chi connectivity index (χ1) is 12.2. The number of furan rings is 1. The third-order valence-electron chi connectivity index (χ3n) is 5.30. The lowest BCUT2D eigenvalue weighted by Crippen LogP contribution is -2.36. The molecule has 0 spiro atoms. The molecule has 5 nitrogen and oxygen atoms in total. The SMILES string of the molecule is CN1CCC(Nc2ccccc2NC(=O)C2CC2c2ccco2)CC1. The third-order valence-corrected chi connectivity index (χ3v) is 5.30. The van der Waals surface area contributed by atoms with Crippen LogP contribution in [0.4, 0.5) is 11.4 Å². The topological polar surface area (TPSA) is 57.5 Å². The van der Waals surface area contributed by atoms with E-state index in [2.05, 4.69) is 22.6 Å². The van der Waals surface area contributed by atoms with Crippen LogP contribution in [0.5, 0.6) is 0 Å². The monoisotopic (exact) mass is 339 g/mol. The summed E-state index contributed by atoms with van der Waals surface area (Å²) in [7, 11) is 2.16. The summed E-state index contributed by atoms with van der Waals surface area (Å²) in [5.41, 5.74) is 1.89. The lowest BCUT2D eigenvalue weighted by atomic mass is 10.0. The molecular weight excluding hydrogens is 314 g/mol. The highest BCUT2D eigenvalue weighted by atomic mass is 16.3. The third kappa shape index (κ3) is 3.71. The second kappa shape index (κ2) is 6.92. The molecule has 2 unspecified atom stereocenters. The number of amides is 1. The van der Waals surface area contributed by atoms with Crippen LogP contribution in [0.3, 0.4) is 0 Å². The molecule has 1 aliphatic heterocycles. The standard InChI is InChI=1S/C20H25N3O2/c1-23-10-8-14(9-11-23)21-17-5-2-3-6-18(17)22-20(24)16-13-15(16)19-7-4-12-25-19/h2-7,12,14-16,21H,8-11,13H2,1H3,(H,22,24). The molecule has 132 valence electrons. The zero-order valence-electron chi connectivity index (χ0n) is 14.6. The Balaban J connectivity index is 1.38. The number of hydrogen-bond donors (Lipinski definition) is 2. The second-order valence-corrected chi connectivity index (χ2v) is 7.22. The van der Waals surface area contributed by atoms with Crippen molar-refractivity contribution in [2.45, 2.75) is 31.2 Å². The van der Waals surface area contributed by atoms with E-state index in [4.69, 9.17) is 4.42 Å².